The smallest absolute Gasteiger partial charge is 0.287 e. The largest absolute Gasteiger partial charge is 0.370 e. The Hall–Kier alpha value is -1.65. The lowest BCUT2D eigenvalue weighted by atomic mass is 10.0. The molecule has 160 valence electrons. The average Bonchev–Trinajstić information content (AvgIpc) is 2.70. The van der Waals surface area contributed by atoms with Gasteiger partial charge in [-0.3, -0.25) is 10.1 Å². The highest BCUT2D eigenvalue weighted by Gasteiger charge is 2.04. The molecule has 1 heterocycles. The van der Waals surface area contributed by atoms with Crippen molar-refractivity contribution in [2.24, 2.45) is 0 Å². The minimum absolute atomic E-state index is 0.0351. The van der Waals surface area contributed by atoms with Crippen LogP contribution in [-0.4, -0.2) is 16.5 Å². The van der Waals surface area contributed by atoms with Crippen molar-refractivity contribution >= 4 is 11.5 Å². The Morgan fingerprint density at radius 1 is 0.786 bits per heavy atom. The number of anilines is 1. The summed E-state index contributed by atoms with van der Waals surface area (Å²) >= 11 is 0. The van der Waals surface area contributed by atoms with Crippen LogP contribution in [0, 0.1) is 10.1 Å². The fourth-order valence-corrected chi connectivity index (χ4v) is 3.49. The maximum Gasteiger partial charge on any atom is 0.287 e. The first-order valence-electron chi connectivity index (χ1n) is 11.6. The number of nitro groups is 1. The molecule has 0 bridgehead atoms. The van der Waals surface area contributed by atoms with Crippen LogP contribution in [0.5, 0.6) is 0 Å². The molecule has 0 aliphatic rings. The van der Waals surface area contributed by atoms with Crippen LogP contribution in [-0.2, 0) is 0 Å². The average molecular weight is 392 g/mol. The summed E-state index contributed by atoms with van der Waals surface area (Å²) in [7, 11) is 0. The molecule has 0 amide bonds. The van der Waals surface area contributed by atoms with Crippen molar-refractivity contribution < 1.29 is 4.92 Å². The maximum atomic E-state index is 10.6. The summed E-state index contributed by atoms with van der Waals surface area (Å²) in [5, 5.41) is 13.8. The van der Waals surface area contributed by atoms with E-state index in [0.717, 1.165) is 13.0 Å². The molecule has 1 aromatic rings. The maximum absolute atomic E-state index is 10.6. The van der Waals surface area contributed by atoms with E-state index in [2.05, 4.69) is 17.2 Å². The first kappa shape index (κ1) is 24.4. The first-order valence-corrected chi connectivity index (χ1v) is 11.6. The number of nitrogens with one attached hydrogen (secondary N) is 1. The van der Waals surface area contributed by atoms with Crippen molar-refractivity contribution in [3.63, 3.8) is 0 Å². The molecule has 0 fully saturated rings. The van der Waals surface area contributed by atoms with Gasteiger partial charge in [0.2, 0.25) is 0 Å². The second kappa shape index (κ2) is 17.4. The zero-order chi connectivity index (χ0) is 20.3. The minimum atomic E-state index is -0.424. The van der Waals surface area contributed by atoms with Crippen LogP contribution in [0.4, 0.5) is 11.5 Å². The van der Waals surface area contributed by atoms with Gasteiger partial charge in [0, 0.05) is 12.6 Å². The van der Waals surface area contributed by atoms with Crippen molar-refractivity contribution in [1.82, 2.24) is 4.98 Å². The first-order chi connectivity index (χ1) is 13.7. The number of rotatable bonds is 19. The van der Waals surface area contributed by atoms with Gasteiger partial charge in [0.15, 0.2) is 0 Å². The Labute approximate surface area is 171 Å². The summed E-state index contributed by atoms with van der Waals surface area (Å²) < 4.78 is 0. The highest BCUT2D eigenvalue weighted by Crippen LogP contribution is 2.14. The third kappa shape index (κ3) is 13.5. The minimum Gasteiger partial charge on any atom is -0.370 e. The Bertz CT molecular complexity index is 491. The molecule has 0 unspecified atom stereocenters. The van der Waals surface area contributed by atoms with Crippen molar-refractivity contribution in [2.45, 2.75) is 110 Å². The zero-order valence-corrected chi connectivity index (χ0v) is 18.0. The van der Waals surface area contributed by atoms with E-state index < -0.39 is 4.92 Å². The standard InChI is InChI=1S/C23H41N3O2/c1-2-3-4-5-6-7-8-9-10-11-12-13-14-15-16-17-20-24-23-19-18-22(21-25-23)26(27)28/h18-19,21H,2-17,20H2,1H3,(H,24,25). The van der Waals surface area contributed by atoms with Crippen LogP contribution in [0.3, 0.4) is 0 Å². The molecule has 0 aliphatic heterocycles. The number of hydrogen-bond donors (Lipinski definition) is 1. The summed E-state index contributed by atoms with van der Waals surface area (Å²) in [6.07, 6.45) is 23.2. The quantitative estimate of drug-likeness (QED) is 0.149. The van der Waals surface area contributed by atoms with Gasteiger partial charge in [-0.1, -0.05) is 103 Å². The third-order valence-corrected chi connectivity index (χ3v) is 5.30. The van der Waals surface area contributed by atoms with E-state index in [9.17, 15) is 10.1 Å². The highest BCUT2D eigenvalue weighted by atomic mass is 16.6. The Morgan fingerprint density at radius 2 is 1.25 bits per heavy atom. The molecule has 1 aromatic heterocycles. The van der Waals surface area contributed by atoms with E-state index in [1.165, 1.54) is 109 Å². The fraction of sp³-hybridized carbons (Fsp3) is 0.783. The molecule has 0 aliphatic carbocycles. The molecule has 0 atom stereocenters. The summed E-state index contributed by atoms with van der Waals surface area (Å²) in [6, 6.07) is 3.16. The molecule has 0 radical (unpaired) electrons. The van der Waals surface area contributed by atoms with E-state index in [4.69, 9.17) is 0 Å². The second-order valence-electron chi connectivity index (χ2n) is 7.89. The van der Waals surface area contributed by atoms with Crippen molar-refractivity contribution in [1.29, 1.82) is 0 Å². The van der Waals surface area contributed by atoms with E-state index in [0.29, 0.717) is 5.82 Å². The van der Waals surface area contributed by atoms with Gasteiger partial charge in [-0.25, -0.2) is 4.98 Å². The van der Waals surface area contributed by atoms with Crippen LogP contribution in [0.1, 0.15) is 110 Å². The molecule has 0 saturated carbocycles. The zero-order valence-electron chi connectivity index (χ0n) is 18.0. The molecule has 0 aromatic carbocycles. The lowest BCUT2D eigenvalue weighted by molar-refractivity contribution is -0.385. The lowest BCUT2D eigenvalue weighted by Crippen LogP contribution is -2.03. The van der Waals surface area contributed by atoms with E-state index >= 15 is 0 Å². The van der Waals surface area contributed by atoms with Gasteiger partial charge in [-0.05, 0) is 12.5 Å². The van der Waals surface area contributed by atoms with Crippen LogP contribution >= 0.6 is 0 Å². The Kier molecular flexibility index (Phi) is 15.2. The summed E-state index contributed by atoms with van der Waals surface area (Å²) in [5.41, 5.74) is 0.0351. The molecule has 1 N–H and O–H groups in total. The monoisotopic (exact) mass is 391 g/mol. The van der Waals surface area contributed by atoms with Crippen LogP contribution < -0.4 is 5.32 Å². The summed E-state index contributed by atoms with van der Waals surface area (Å²) in [4.78, 5) is 14.2. The summed E-state index contributed by atoms with van der Waals surface area (Å²) in [6.45, 7) is 3.16. The SMILES string of the molecule is CCCCCCCCCCCCCCCCCCNc1ccc([N+](=O)[O-])cn1. The van der Waals surface area contributed by atoms with E-state index in [1.807, 2.05) is 0 Å². The topological polar surface area (TPSA) is 68.1 Å². The van der Waals surface area contributed by atoms with Crippen molar-refractivity contribution in [3.05, 3.63) is 28.4 Å². The number of hydrogen-bond acceptors (Lipinski definition) is 4. The normalized spacial score (nSPS) is 10.9. The molecule has 5 heteroatoms. The third-order valence-electron chi connectivity index (χ3n) is 5.30. The van der Waals surface area contributed by atoms with Gasteiger partial charge in [-0.2, -0.15) is 0 Å². The van der Waals surface area contributed by atoms with Crippen LogP contribution in [0.2, 0.25) is 0 Å². The van der Waals surface area contributed by atoms with E-state index in [-0.39, 0.29) is 5.69 Å². The molecular formula is C23H41N3O2. The predicted octanol–water partition coefficient (Wildman–Crippen LogP) is 7.66. The van der Waals surface area contributed by atoms with Gasteiger partial charge in [0.05, 0.1) is 4.92 Å². The molecule has 0 saturated heterocycles. The van der Waals surface area contributed by atoms with E-state index in [1.54, 1.807) is 6.07 Å². The number of pyridine rings is 1. The van der Waals surface area contributed by atoms with Gasteiger partial charge in [0.1, 0.15) is 12.0 Å². The number of nitrogens with zero attached hydrogens (tertiary/aromatic N) is 2. The Morgan fingerprint density at radius 3 is 1.64 bits per heavy atom. The summed E-state index contributed by atoms with van der Waals surface area (Å²) in [5.74, 6) is 0.714. The number of unbranched alkanes of at least 4 members (excludes halogenated alkanes) is 15. The van der Waals surface area contributed by atoms with Gasteiger partial charge in [0.25, 0.3) is 5.69 Å². The fourth-order valence-electron chi connectivity index (χ4n) is 3.49. The van der Waals surface area contributed by atoms with Gasteiger partial charge >= 0.3 is 0 Å². The van der Waals surface area contributed by atoms with Crippen molar-refractivity contribution in [2.75, 3.05) is 11.9 Å². The van der Waals surface area contributed by atoms with Crippen molar-refractivity contribution in [3.8, 4) is 0 Å². The molecular weight excluding hydrogens is 350 g/mol. The number of aromatic nitrogens is 1. The van der Waals surface area contributed by atoms with Crippen LogP contribution in [0.25, 0.3) is 0 Å². The molecule has 1 rings (SSSR count). The van der Waals surface area contributed by atoms with Gasteiger partial charge in [-0.15, -0.1) is 0 Å². The van der Waals surface area contributed by atoms with Crippen LogP contribution in [0.15, 0.2) is 18.3 Å². The Balaban J connectivity index is 1.79. The molecule has 28 heavy (non-hydrogen) atoms. The second-order valence-corrected chi connectivity index (χ2v) is 7.89. The molecule has 5 nitrogen and oxygen atoms in total. The lowest BCUT2D eigenvalue weighted by Gasteiger charge is -2.05. The predicted molar refractivity (Wildman–Crippen MR) is 119 cm³/mol. The van der Waals surface area contributed by atoms with Gasteiger partial charge < -0.3 is 5.32 Å². The molecule has 0 spiro atoms. The highest BCUT2D eigenvalue weighted by molar-refractivity contribution is 5.39.